The van der Waals surface area contributed by atoms with Crippen LogP contribution >= 0.6 is 11.3 Å². The van der Waals surface area contributed by atoms with E-state index in [9.17, 15) is 9.90 Å². The maximum absolute atomic E-state index is 12.7. The fourth-order valence-electron chi connectivity index (χ4n) is 6.21. The van der Waals surface area contributed by atoms with Crippen molar-refractivity contribution in [2.45, 2.75) is 48.7 Å². The number of ether oxygens (including phenoxy) is 1. The van der Waals surface area contributed by atoms with Crippen LogP contribution in [0.4, 0.5) is 4.79 Å². The van der Waals surface area contributed by atoms with E-state index in [2.05, 4.69) is 60.0 Å². The van der Waals surface area contributed by atoms with Gasteiger partial charge in [0, 0.05) is 22.8 Å². The molecular weight excluding hydrogens is 418 g/mol. The fourth-order valence-corrected chi connectivity index (χ4v) is 7.39. The first-order valence-electron chi connectivity index (χ1n) is 11.5. The Morgan fingerprint density at radius 3 is 2.25 bits per heavy atom. The van der Waals surface area contributed by atoms with Crippen molar-refractivity contribution in [3.05, 3.63) is 81.5 Å². The van der Waals surface area contributed by atoms with Gasteiger partial charge in [0.05, 0.1) is 12.1 Å². The standard InChI is InChI=1S/C27H25NO3S/c29-25(30)28(15-21-19-7-3-1-5-17(19)18-6-2-4-8-20(18)21)27(12-13-27)24-23-22(9-14-32-23)26(10-11-26)16-31-24/h1-9,14,21,24H,10-13,15-16H2,(H,29,30)/t24-/m1/s1. The second-order valence-electron chi connectivity index (χ2n) is 9.89. The zero-order valence-corrected chi connectivity index (χ0v) is 18.6. The van der Waals surface area contributed by atoms with Crippen molar-refractivity contribution in [2.75, 3.05) is 13.2 Å². The monoisotopic (exact) mass is 443 g/mol. The molecule has 5 heteroatoms. The molecule has 0 bridgehead atoms. The minimum absolute atomic E-state index is 0.0529. The van der Waals surface area contributed by atoms with Gasteiger partial charge in [0.2, 0.25) is 0 Å². The van der Waals surface area contributed by atoms with Crippen molar-refractivity contribution >= 4 is 17.4 Å². The maximum atomic E-state index is 12.7. The summed E-state index contributed by atoms with van der Waals surface area (Å²) in [5.41, 5.74) is 6.10. The molecule has 1 aromatic heterocycles. The number of amides is 1. The normalized spacial score (nSPS) is 23.3. The number of benzene rings is 2. The second-order valence-corrected chi connectivity index (χ2v) is 10.8. The Bertz CT molecular complexity index is 1190. The largest absolute Gasteiger partial charge is 0.465 e. The number of carbonyl (C=O) groups is 1. The Hall–Kier alpha value is -2.63. The molecule has 4 nitrogen and oxygen atoms in total. The average Bonchev–Trinajstić information content (AvgIpc) is 3.69. The Morgan fingerprint density at radius 1 is 1.00 bits per heavy atom. The number of hydrogen-bond acceptors (Lipinski definition) is 3. The van der Waals surface area contributed by atoms with E-state index in [0.29, 0.717) is 6.54 Å². The van der Waals surface area contributed by atoms with Crippen molar-refractivity contribution < 1.29 is 14.6 Å². The summed E-state index contributed by atoms with van der Waals surface area (Å²) in [6, 6.07) is 19.1. The Kier molecular flexibility index (Phi) is 3.81. The molecule has 1 spiro atoms. The van der Waals surface area contributed by atoms with Crippen molar-refractivity contribution in [1.82, 2.24) is 4.90 Å². The molecule has 0 unspecified atom stereocenters. The summed E-state index contributed by atoms with van der Waals surface area (Å²) >= 11 is 1.75. The van der Waals surface area contributed by atoms with Crippen LogP contribution in [-0.4, -0.2) is 34.8 Å². The highest BCUT2D eigenvalue weighted by atomic mass is 32.1. The molecule has 2 fully saturated rings. The SMILES string of the molecule is O=C(O)N(CC1c2ccccc2-c2ccccc21)C1([C@@H]2OCC3(CC3)c3ccsc32)CC1. The van der Waals surface area contributed by atoms with E-state index >= 15 is 0 Å². The molecule has 2 saturated carbocycles. The van der Waals surface area contributed by atoms with Crippen molar-refractivity contribution in [1.29, 1.82) is 0 Å². The molecule has 7 rings (SSSR count). The predicted octanol–water partition coefficient (Wildman–Crippen LogP) is 6.18. The lowest BCUT2D eigenvalue weighted by atomic mass is 9.89. The fraction of sp³-hybridized carbons (Fsp3) is 0.370. The number of fused-ring (bicyclic) bond motifs is 5. The first-order valence-corrected chi connectivity index (χ1v) is 12.4. The lowest BCUT2D eigenvalue weighted by molar-refractivity contribution is -0.0416. The molecule has 4 aliphatic rings. The third-order valence-electron chi connectivity index (χ3n) is 8.23. The van der Waals surface area contributed by atoms with Crippen molar-refractivity contribution in [3.8, 4) is 11.1 Å². The van der Waals surface area contributed by atoms with Gasteiger partial charge in [-0.3, -0.25) is 4.90 Å². The number of thiophene rings is 1. The Balaban J connectivity index is 1.27. The van der Waals surface area contributed by atoms with Gasteiger partial charge in [-0.2, -0.15) is 0 Å². The number of hydrogen-bond donors (Lipinski definition) is 1. The van der Waals surface area contributed by atoms with Crippen LogP contribution in [0.1, 0.15) is 59.3 Å². The number of rotatable bonds is 4. The van der Waals surface area contributed by atoms with E-state index in [0.717, 1.165) is 19.4 Å². The third-order valence-corrected chi connectivity index (χ3v) is 9.19. The van der Waals surface area contributed by atoms with Gasteiger partial charge >= 0.3 is 6.09 Å². The molecule has 3 aliphatic carbocycles. The average molecular weight is 444 g/mol. The summed E-state index contributed by atoms with van der Waals surface area (Å²) in [6.45, 7) is 1.20. The van der Waals surface area contributed by atoms with Crippen LogP contribution in [0.2, 0.25) is 0 Å². The predicted molar refractivity (Wildman–Crippen MR) is 124 cm³/mol. The Morgan fingerprint density at radius 2 is 1.66 bits per heavy atom. The molecule has 2 aromatic carbocycles. The number of nitrogens with zero attached hydrogens (tertiary/aromatic N) is 1. The summed E-state index contributed by atoms with van der Waals surface area (Å²) in [6.07, 6.45) is 3.13. The van der Waals surface area contributed by atoms with E-state index in [4.69, 9.17) is 4.74 Å². The van der Waals surface area contributed by atoms with Crippen LogP contribution in [0.25, 0.3) is 11.1 Å². The molecule has 1 aliphatic heterocycles. The van der Waals surface area contributed by atoms with Gasteiger partial charge < -0.3 is 9.84 Å². The highest BCUT2D eigenvalue weighted by molar-refractivity contribution is 7.10. The highest BCUT2D eigenvalue weighted by Gasteiger charge is 2.62. The van der Waals surface area contributed by atoms with Gasteiger partial charge in [0.25, 0.3) is 0 Å². The maximum Gasteiger partial charge on any atom is 0.407 e. The Labute approximate surface area is 191 Å². The molecule has 0 saturated heterocycles. The second kappa shape index (κ2) is 6.46. The van der Waals surface area contributed by atoms with E-state index in [-0.39, 0.29) is 17.4 Å². The first-order chi connectivity index (χ1) is 15.6. The summed E-state index contributed by atoms with van der Waals surface area (Å²) in [4.78, 5) is 15.7. The number of carboxylic acid groups (broad SMARTS) is 1. The quantitative estimate of drug-likeness (QED) is 0.524. The minimum atomic E-state index is -0.835. The van der Waals surface area contributed by atoms with E-state index in [1.54, 1.807) is 16.2 Å². The summed E-state index contributed by atoms with van der Waals surface area (Å²) in [5.74, 6) is 0.0529. The van der Waals surface area contributed by atoms with Crippen LogP contribution in [0, 0.1) is 0 Å². The molecule has 1 amide bonds. The van der Waals surface area contributed by atoms with Crippen LogP contribution in [0.15, 0.2) is 60.0 Å². The molecule has 32 heavy (non-hydrogen) atoms. The molecule has 1 atom stereocenters. The third kappa shape index (κ3) is 2.49. The zero-order valence-electron chi connectivity index (χ0n) is 17.8. The summed E-state index contributed by atoms with van der Waals surface area (Å²) in [5, 5.41) is 12.6. The minimum Gasteiger partial charge on any atom is -0.465 e. The van der Waals surface area contributed by atoms with Gasteiger partial charge in [0.1, 0.15) is 6.10 Å². The smallest absolute Gasteiger partial charge is 0.407 e. The first kappa shape index (κ1) is 18.9. The van der Waals surface area contributed by atoms with Crippen LogP contribution in [-0.2, 0) is 10.2 Å². The lowest BCUT2D eigenvalue weighted by Gasteiger charge is -2.40. The van der Waals surface area contributed by atoms with Gasteiger partial charge in [-0.15, -0.1) is 11.3 Å². The van der Waals surface area contributed by atoms with Crippen molar-refractivity contribution in [3.63, 3.8) is 0 Å². The molecule has 2 heterocycles. The molecule has 0 radical (unpaired) electrons. The van der Waals surface area contributed by atoms with Gasteiger partial charge in [-0.05, 0) is 64.9 Å². The molecule has 3 aromatic rings. The molecule has 1 N–H and O–H groups in total. The lowest BCUT2D eigenvalue weighted by Crippen LogP contribution is -2.49. The van der Waals surface area contributed by atoms with E-state index in [1.165, 1.54) is 45.5 Å². The van der Waals surface area contributed by atoms with E-state index in [1.807, 2.05) is 0 Å². The zero-order chi connectivity index (χ0) is 21.5. The topological polar surface area (TPSA) is 49.8 Å². The highest BCUT2D eigenvalue weighted by Crippen LogP contribution is 2.62. The summed E-state index contributed by atoms with van der Waals surface area (Å²) in [7, 11) is 0. The van der Waals surface area contributed by atoms with Crippen LogP contribution in [0.5, 0.6) is 0 Å². The van der Waals surface area contributed by atoms with Crippen LogP contribution in [0.3, 0.4) is 0 Å². The van der Waals surface area contributed by atoms with E-state index < -0.39 is 11.6 Å². The van der Waals surface area contributed by atoms with Crippen LogP contribution < -0.4 is 0 Å². The van der Waals surface area contributed by atoms with Gasteiger partial charge in [0.15, 0.2) is 0 Å². The van der Waals surface area contributed by atoms with Crippen molar-refractivity contribution in [2.24, 2.45) is 0 Å². The summed E-state index contributed by atoms with van der Waals surface area (Å²) < 4.78 is 6.51. The van der Waals surface area contributed by atoms with Gasteiger partial charge in [-0.25, -0.2) is 4.79 Å². The van der Waals surface area contributed by atoms with Gasteiger partial charge in [-0.1, -0.05) is 48.5 Å². The molecule has 162 valence electrons. The molecular formula is C27H25NO3S.